The Kier molecular flexibility index (Phi) is 7.57. The fourth-order valence-electron chi connectivity index (χ4n) is 2.00. The first kappa shape index (κ1) is 19.4. The number of rotatable bonds is 6. The number of carbonyl (C=O) groups is 3. The molecule has 0 atom stereocenters. The van der Waals surface area contributed by atoms with Gasteiger partial charge in [-0.2, -0.15) is 0 Å². The second-order valence-corrected chi connectivity index (χ2v) is 6.12. The van der Waals surface area contributed by atoms with Crippen molar-refractivity contribution >= 4 is 39.7 Å². The molecule has 7 heteroatoms. The van der Waals surface area contributed by atoms with E-state index in [-0.39, 0.29) is 18.9 Å². The first-order valence-corrected chi connectivity index (χ1v) is 8.70. The highest BCUT2D eigenvalue weighted by molar-refractivity contribution is 9.10. The zero-order valence-electron chi connectivity index (χ0n) is 13.9. The minimum Gasteiger partial charge on any atom is -0.352 e. The molecule has 0 aliphatic heterocycles. The van der Waals surface area contributed by atoms with Gasteiger partial charge in [-0.05, 0) is 39.7 Å². The van der Waals surface area contributed by atoms with Gasteiger partial charge in [0.2, 0.25) is 11.8 Å². The molecule has 0 aliphatic rings. The molecule has 0 spiro atoms. The summed E-state index contributed by atoms with van der Waals surface area (Å²) in [6.07, 6.45) is 3.14. The van der Waals surface area contributed by atoms with Gasteiger partial charge in [-0.3, -0.25) is 25.2 Å². The number of carbonyl (C=O) groups excluding carboxylic acids is 3. The standard InChI is InChI=1S/C19H18BrN3O3/c20-16-9-5-4-8-15(16)19(26)23-22-18(25)12-13-21-17(24)11-10-14-6-2-1-3-7-14/h1-11H,12-13H2,(H,21,24)(H,22,25)(H,23,26)/b11-10+. The molecule has 134 valence electrons. The van der Waals surface area contributed by atoms with Crippen molar-refractivity contribution in [2.75, 3.05) is 6.54 Å². The predicted molar refractivity (Wildman–Crippen MR) is 103 cm³/mol. The summed E-state index contributed by atoms with van der Waals surface area (Å²) in [7, 11) is 0. The average molecular weight is 416 g/mol. The van der Waals surface area contributed by atoms with Crippen LogP contribution < -0.4 is 16.2 Å². The molecular weight excluding hydrogens is 398 g/mol. The van der Waals surface area contributed by atoms with Crippen molar-refractivity contribution in [3.63, 3.8) is 0 Å². The van der Waals surface area contributed by atoms with Gasteiger partial charge in [-0.25, -0.2) is 0 Å². The van der Waals surface area contributed by atoms with Crippen molar-refractivity contribution in [2.45, 2.75) is 6.42 Å². The molecule has 0 heterocycles. The fraction of sp³-hybridized carbons (Fsp3) is 0.105. The molecular formula is C19H18BrN3O3. The second kappa shape index (κ2) is 10.1. The lowest BCUT2D eigenvalue weighted by Crippen LogP contribution is -2.42. The smallest absolute Gasteiger partial charge is 0.270 e. The summed E-state index contributed by atoms with van der Waals surface area (Å²) in [6, 6.07) is 16.3. The van der Waals surface area contributed by atoms with Gasteiger partial charge in [-0.1, -0.05) is 42.5 Å². The lowest BCUT2D eigenvalue weighted by molar-refractivity contribution is -0.122. The molecule has 3 amide bonds. The number of nitrogens with one attached hydrogen (secondary N) is 3. The molecule has 0 radical (unpaired) electrons. The van der Waals surface area contributed by atoms with E-state index in [0.29, 0.717) is 10.0 Å². The molecule has 0 saturated heterocycles. The van der Waals surface area contributed by atoms with Gasteiger partial charge in [0.1, 0.15) is 0 Å². The zero-order valence-corrected chi connectivity index (χ0v) is 15.5. The van der Waals surface area contributed by atoms with Crippen molar-refractivity contribution in [2.24, 2.45) is 0 Å². The highest BCUT2D eigenvalue weighted by Gasteiger charge is 2.10. The Hall–Kier alpha value is -2.93. The van der Waals surface area contributed by atoms with Crippen molar-refractivity contribution in [3.05, 3.63) is 76.3 Å². The summed E-state index contributed by atoms with van der Waals surface area (Å²) in [5.74, 6) is -1.13. The van der Waals surface area contributed by atoms with Crippen LogP contribution in [0.4, 0.5) is 0 Å². The van der Waals surface area contributed by atoms with Gasteiger partial charge in [0.15, 0.2) is 0 Å². The fourth-order valence-corrected chi connectivity index (χ4v) is 2.46. The molecule has 0 fully saturated rings. The van der Waals surface area contributed by atoms with Gasteiger partial charge in [0.25, 0.3) is 5.91 Å². The van der Waals surface area contributed by atoms with E-state index >= 15 is 0 Å². The zero-order chi connectivity index (χ0) is 18.8. The third-order valence-corrected chi connectivity index (χ3v) is 4.00. The van der Waals surface area contributed by atoms with Gasteiger partial charge in [0.05, 0.1) is 5.56 Å². The maximum Gasteiger partial charge on any atom is 0.270 e. The Bertz CT molecular complexity index is 807. The summed E-state index contributed by atoms with van der Waals surface area (Å²) < 4.78 is 0.629. The number of hydrogen-bond acceptors (Lipinski definition) is 3. The Balaban J connectivity index is 1.67. The van der Waals surface area contributed by atoms with Crippen LogP contribution in [-0.2, 0) is 9.59 Å². The molecule has 0 saturated carbocycles. The van der Waals surface area contributed by atoms with Gasteiger partial charge < -0.3 is 5.32 Å². The Morgan fingerprint density at radius 1 is 0.923 bits per heavy atom. The highest BCUT2D eigenvalue weighted by Crippen LogP contribution is 2.15. The van der Waals surface area contributed by atoms with Crippen LogP contribution in [0.1, 0.15) is 22.3 Å². The Morgan fingerprint density at radius 2 is 1.62 bits per heavy atom. The minimum atomic E-state index is -0.430. The molecule has 3 N–H and O–H groups in total. The van der Waals surface area contributed by atoms with E-state index in [1.807, 2.05) is 30.3 Å². The molecule has 2 aromatic carbocycles. The van der Waals surface area contributed by atoms with Crippen LogP contribution >= 0.6 is 15.9 Å². The van der Waals surface area contributed by atoms with E-state index in [1.54, 1.807) is 30.3 Å². The van der Waals surface area contributed by atoms with E-state index in [0.717, 1.165) is 5.56 Å². The summed E-state index contributed by atoms with van der Waals surface area (Å²) in [5.41, 5.74) is 5.96. The van der Waals surface area contributed by atoms with Crippen molar-refractivity contribution < 1.29 is 14.4 Å². The van der Waals surface area contributed by atoms with Gasteiger partial charge in [-0.15, -0.1) is 0 Å². The van der Waals surface area contributed by atoms with Crippen LogP contribution in [0.3, 0.4) is 0 Å². The SMILES string of the molecule is O=C(/C=C/c1ccccc1)NCCC(=O)NNC(=O)c1ccccc1Br. The molecule has 0 unspecified atom stereocenters. The summed E-state index contributed by atoms with van der Waals surface area (Å²) in [4.78, 5) is 35.3. The monoisotopic (exact) mass is 415 g/mol. The maximum absolute atomic E-state index is 11.9. The van der Waals surface area contributed by atoms with E-state index in [4.69, 9.17) is 0 Å². The molecule has 0 bridgehead atoms. The van der Waals surface area contributed by atoms with Crippen LogP contribution in [0.2, 0.25) is 0 Å². The number of halogens is 1. The molecule has 6 nitrogen and oxygen atoms in total. The second-order valence-electron chi connectivity index (χ2n) is 5.27. The normalized spacial score (nSPS) is 10.3. The van der Waals surface area contributed by atoms with Crippen molar-refractivity contribution in [1.82, 2.24) is 16.2 Å². The van der Waals surface area contributed by atoms with Crippen LogP contribution in [0.15, 0.2) is 65.1 Å². The summed E-state index contributed by atoms with van der Waals surface area (Å²) >= 11 is 3.27. The van der Waals surface area contributed by atoms with Gasteiger partial charge >= 0.3 is 0 Å². The lowest BCUT2D eigenvalue weighted by atomic mass is 10.2. The molecule has 2 rings (SSSR count). The third kappa shape index (κ3) is 6.52. The number of amides is 3. The first-order chi connectivity index (χ1) is 12.6. The van der Waals surface area contributed by atoms with E-state index in [1.165, 1.54) is 6.08 Å². The van der Waals surface area contributed by atoms with Crippen LogP contribution in [-0.4, -0.2) is 24.3 Å². The first-order valence-electron chi connectivity index (χ1n) is 7.91. The number of benzene rings is 2. The van der Waals surface area contributed by atoms with Crippen molar-refractivity contribution in [1.29, 1.82) is 0 Å². The average Bonchev–Trinajstić information content (AvgIpc) is 2.65. The summed E-state index contributed by atoms with van der Waals surface area (Å²) in [5, 5.41) is 2.61. The largest absolute Gasteiger partial charge is 0.352 e. The Labute approximate surface area is 159 Å². The van der Waals surface area contributed by atoms with E-state index < -0.39 is 11.8 Å². The third-order valence-electron chi connectivity index (χ3n) is 3.31. The number of hydrazine groups is 1. The predicted octanol–water partition coefficient (Wildman–Crippen LogP) is 2.43. The Morgan fingerprint density at radius 3 is 2.35 bits per heavy atom. The van der Waals surface area contributed by atoms with Crippen LogP contribution in [0.25, 0.3) is 6.08 Å². The molecule has 2 aromatic rings. The van der Waals surface area contributed by atoms with Crippen LogP contribution in [0, 0.1) is 0 Å². The quantitative estimate of drug-likeness (QED) is 0.500. The lowest BCUT2D eigenvalue weighted by Gasteiger charge is -2.08. The van der Waals surface area contributed by atoms with E-state index in [2.05, 4.69) is 32.1 Å². The maximum atomic E-state index is 11.9. The van der Waals surface area contributed by atoms with Crippen molar-refractivity contribution in [3.8, 4) is 0 Å². The number of hydrogen-bond donors (Lipinski definition) is 3. The van der Waals surface area contributed by atoms with Gasteiger partial charge in [0, 0.05) is 23.5 Å². The highest BCUT2D eigenvalue weighted by atomic mass is 79.9. The minimum absolute atomic E-state index is 0.0428. The molecule has 0 aliphatic carbocycles. The van der Waals surface area contributed by atoms with E-state index in [9.17, 15) is 14.4 Å². The van der Waals surface area contributed by atoms with Crippen LogP contribution in [0.5, 0.6) is 0 Å². The molecule has 0 aromatic heterocycles. The molecule has 26 heavy (non-hydrogen) atoms. The summed E-state index contributed by atoms with van der Waals surface area (Å²) in [6.45, 7) is 0.161. The topological polar surface area (TPSA) is 87.3 Å².